The molecule has 1 aliphatic rings. The number of nitrogens with zero attached hydrogens (tertiary/aromatic N) is 3. The average Bonchev–Trinajstić information content (AvgIpc) is 3.45. The number of nitrogens with one attached hydrogen (secondary N) is 2. The number of amides is 2. The fraction of sp³-hybridized carbons (Fsp3) is 0.571. The fourth-order valence-corrected chi connectivity index (χ4v) is 4.00. The first-order chi connectivity index (χ1) is 15.8. The lowest BCUT2D eigenvalue weighted by molar-refractivity contribution is -0.142. The molecule has 3 heterocycles. The van der Waals surface area contributed by atoms with E-state index in [1.54, 1.807) is 17.0 Å². The molecule has 2 atom stereocenters. The SMILES string of the molecule is CC(C)C[C@H](NC(=O)c1cc(CN2CCOCC2)on1)C(=O)N[C@@H](Cc1cscn1)C(=O)O. The van der Waals surface area contributed by atoms with Gasteiger partial charge < -0.3 is 25.0 Å². The highest BCUT2D eigenvalue weighted by atomic mass is 32.1. The monoisotopic (exact) mass is 479 g/mol. The third-order valence-electron chi connectivity index (χ3n) is 5.11. The molecule has 2 amide bonds. The molecule has 0 spiro atoms. The zero-order chi connectivity index (χ0) is 23.8. The standard InChI is InChI=1S/C21H29N5O6S/c1-13(2)7-16(19(27)24-18(21(29)30)8-14-11-33-12-22-14)23-20(28)17-9-15(32-25-17)10-26-3-5-31-6-4-26/h9,11-13,16,18H,3-8,10H2,1-2H3,(H,23,28)(H,24,27)(H,29,30)/t16-,18-/m0/s1. The van der Waals surface area contributed by atoms with E-state index in [0.717, 1.165) is 13.1 Å². The third-order valence-corrected chi connectivity index (χ3v) is 5.75. The molecular weight excluding hydrogens is 450 g/mol. The van der Waals surface area contributed by atoms with Gasteiger partial charge in [-0.25, -0.2) is 9.78 Å². The van der Waals surface area contributed by atoms with E-state index in [4.69, 9.17) is 9.26 Å². The number of carbonyl (C=O) groups is 3. The zero-order valence-electron chi connectivity index (χ0n) is 18.7. The number of carboxylic acid groups (broad SMARTS) is 1. The van der Waals surface area contributed by atoms with Gasteiger partial charge in [0.25, 0.3) is 5.91 Å². The lowest BCUT2D eigenvalue weighted by Gasteiger charge is -2.25. The summed E-state index contributed by atoms with van der Waals surface area (Å²) in [6.45, 7) is 7.16. The van der Waals surface area contributed by atoms with Gasteiger partial charge in [0.1, 0.15) is 12.1 Å². The predicted molar refractivity (Wildman–Crippen MR) is 119 cm³/mol. The second kappa shape index (κ2) is 11.9. The first kappa shape index (κ1) is 24.8. The predicted octanol–water partition coefficient (Wildman–Crippen LogP) is 0.920. The average molecular weight is 480 g/mol. The molecule has 2 aromatic heterocycles. The summed E-state index contributed by atoms with van der Waals surface area (Å²) in [6.07, 6.45) is 0.389. The minimum absolute atomic E-state index is 0.0567. The molecule has 180 valence electrons. The van der Waals surface area contributed by atoms with Gasteiger partial charge in [0.2, 0.25) is 5.91 Å². The lowest BCUT2D eigenvalue weighted by Crippen LogP contribution is -2.52. The summed E-state index contributed by atoms with van der Waals surface area (Å²) in [4.78, 5) is 43.5. The van der Waals surface area contributed by atoms with Crippen LogP contribution in [0.5, 0.6) is 0 Å². The van der Waals surface area contributed by atoms with Crippen LogP contribution in [0.3, 0.4) is 0 Å². The number of carbonyl (C=O) groups excluding carboxylic acids is 2. The van der Waals surface area contributed by atoms with E-state index in [2.05, 4.69) is 25.7 Å². The molecule has 12 heteroatoms. The van der Waals surface area contributed by atoms with Gasteiger partial charge in [-0.3, -0.25) is 14.5 Å². The number of carboxylic acids is 1. The Kier molecular flexibility index (Phi) is 8.92. The molecule has 3 N–H and O–H groups in total. The smallest absolute Gasteiger partial charge is 0.326 e. The van der Waals surface area contributed by atoms with Gasteiger partial charge in [0.05, 0.1) is 31.0 Å². The number of ether oxygens (including phenoxy) is 1. The van der Waals surface area contributed by atoms with Gasteiger partial charge >= 0.3 is 5.97 Å². The molecule has 1 saturated heterocycles. The molecule has 2 aromatic rings. The van der Waals surface area contributed by atoms with E-state index in [9.17, 15) is 19.5 Å². The van der Waals surface area contributed by atoms with E-state index < -0.39 is 29.9 Å². The fourth-order valence-electron chi connectivity index (χ4n) is 3.43. The Bertz CT molecular complexity index is 925. The molecule has 1 aliphatic heterocycles. The van der Waals surface area contributed by atoms with E-state index in [1.165, 1.54) is 11.3 Å². The highest BCUT2D eigenvalue weighted by Gasteiger charge is 2.29. The minimum atomic E-state index is -1.17. The molecule has 0 radical (unpaired) electrons. The van der Waals surface area contributed by atoms with Crippen molar-refractivity contribution in [2.75, 3.05) is 26.3 Å². The van der Waals surface area contributed by atoms with Crippen molar-refractivity contribution in [2.24, 2.45) is 5.92 Å². The number of hydrogen-bond donors (Lipinski definition) is 3. The van der Waals surface area contributed by atoms with Crippen LogP contribution in [0.4, 0.5) is 0 Å². The normalized spacial score (nSPS) is 16.3. The molecule has 0 bridgehead atoms. The van der Waals surface area contributed by atoms with Crippen molar-refractivity contribution in [3.05, 3.63) is 34.1 Å². The third kappa shape index (κ3) is 7.62. The van der Waals surface area contributed by atoms with Gasteiger partial charge in [-0.05, 0) is 12.3 Å². The Balaban J connectivity index is 1.62. The first-order valence-corrected chi connectivity index (χ1v) is 11.7. The van der Waals surface area contributed by atoms with Crippen molar-refractivity contribution in [3.63, 3.8) is 0 Å². The van der Waals surface area contributed by atoms with Crippen LogP contribution in [0.15, 0.2) is 21.5 Å². The molecule has 1 fully saturated rings. The maximum atomic E-state index is 12.9. The second-order valence-corrected chi connectivity index (χ2v) is 9.02. The van der Waals surface area contributed by atoms with Crippen LogP contribution in [0.25, 0.3) is 0 Å². The molecule has 33 heavy (non-hydrogen) atoms. The van der Waals surface area contributed by atoms with E-state index in [0.29, 0.717) is 37.6 Å². The Morgan fingerprint density at radius 2 is 1.97 bits per heavy atom. The number of aromatic nitrogens is 2. The summed E-state index contributed by atoms with van der Waals surface area (Å²) in [6, 6.07) is -0.523. The molecular formula is C21H29N5O6S. The summed E-state index contributed by atoms with van der Waals surface area (Å²) >= 11 is 1.35. The maximum Gasteiger partial charge on any atom is 0.326 e. The van der Waals surface area contributed by atoms with E-state index >= 15 is 0 Å². The summed E-state index contributed by atoms with van der Waals surface area (Å²) in [7, 11) is 0. The van der Waals surface area contributed by atoms with Crippen molar-refractivity contribution < 1.29 is 28.8 Å². The summed E-state index contributed by atoms with van der Waals surface area (Å²) in [5.41, 5.74) is 2.24. The van der Waals surface area contributed by atoms with Gasteiger partial charge in [-0.1, -0.05) is 19.0 Å². The summed E-state index contributed by atoms with van der Waals surface area (Å²) < 4.78 is 10.6. The van der Waals surface area contributed by atoms with Crippen LogP contribution in [0, 0.1) is 5.92 Å². The Morgan fingerprint density at radius 1 is 1.21 bits per heavy atom. The quantitative estimate of drug-likeness (QED) is 0.428. The Hall–Kier alpha value is -2.83. The van der Waals surface area contributed by atoms with Gasteiger partial charge in [0.15, 0.2) is 11.5 Å². The molecule has 0 unspecified atom stereocenters. The van der Waals surface area contributed by atoms with Crippen LogP contribution in [-0.2, 0) is 27.3 Å². The molecule has 0 aromatic carbocycles. The zero-order valence-corrected chi connectivity index (χ0v) is 19.5. The number of thiazole rings is 1. The van der Waals surface area contributed by atoms with Crippen molar-refractivity contribution in [2.45, 2.75) is 45.3 Å². The van der Waals surface area contributed by atoms with Crippen LogP contribution in [0.2, 0.25) is 0 Å². The molecule has 0 saturated carbocycles. The van der Waals surface area contributed by atoms with Gasteiger partial charge in [0, 0.05) is 31.0 Å². The van der Waals surface area contributed by atoms with Gasteiger partial charge in [-0.2, -0.15) is 0 Å². The lowest BCUT2D eigenvalue weighted by atomic mass is 10.0. The first-order valence-electron chi connectivity index (χ1n) is 10.8. The second-order valence-electron chi connectivity index (χ2n) is 8.31. The largest absolute Gasteiger partial charge is 0.480 e. The van der Waals surface area contributed by atoms with E-state index in [-0.39, 0.29) is 18.0 Å². The number of aliphatic carboxylic acids is 1. The number of morpholine rings is 1. The van der Waals surface area contributed by atoms with Crippen molar-refractivity contribution >= 4 is 29.1 Å². The van der Waals surface area contributed by atoms with Crippen molar-refractivity contribution in [1.82, 2.24) is 25.7 Å². The van der Waals surface area contributed by atoms with Crippen LogP contribution in [0.1, 0.15) is 42.2 Å². The van der Waals surface area contributed by atoms with Crippen LogP contribution >= 0.6 is 11.3 Å². The van der Waals surface area contributed by atoms with Crippen LogP contribution < -0.4 is 10.6 Å². The number of hydrogen-bond acceptors (Lipinski definition) is 9. The molecule has 0 aliphatic carbocycles. The summed E-state index contributed by atoms with van der Waals surface area (Å²) in [5, 5.41) is 20.3. The molecule has 3 rings (SSSR count). The van der Waals surface area contributed by atoms with Crippen molar-refractivity contribution in [1.29, 1.82) is 0 Å². The highest BCUT2D eigenvalue weighted by molar-refractivity contribution is 7.07. The Morgan fingerprint density at radius 3 is 2.61 bits per heavy atom. The maximum absolute atomic E-state index is 12.9. The highest BCUT2D eigenvalue weighted by Crippen LogP contribution is 2.12. The van der Waals surface area contributed by atoms with E-state index in [1.807, 2.05) is 13.8 Å². The Labute approximate surface area is 195 Å². The minimum Gasteiger partial charge on any atom is -0.480 e. The molecule has 11 nitrogen and oxygen atoms in total. The number of rotatable bonds is 11. The van der Waals surface area contributed by atoms with Crippen molar-refractivity contribution in [3.8, 4) is 0 Å². The topological polar surface area (TPSA) is 147 Å². The summed E-state index contributed by atoms with van der Waals surface area (Å²) in [5.74, 6) is -1.68. The van der Waals surface area contributed by atoms with Gasteiger partial charge in [-0.15, -0.1) is 11.3 Å². The van der Waals surface area contributed by atoms with Crippen LogP contribution in [-0.4, -0.2) is 76.3 Å².